The zero-order valence-electron chi connectivity index (χ0n) is 15.9. The number of halogens is 2. The number of hydrogen-bond acceptors (Lipinski definition) is 7. The van der Waals surface area contributed by atoms with Crippen LogP contribution in [0.2, 0.25) is 0 Å². The van der Waals surface area contributed by atoms with Crippen molar-refractivity contribution in [2.45, 2.75) is 31.7 Å². The van der Waals surface area contributed by atoms with Gasteiger partial charge in [0.25, 0.3) is 0 Å². The van der Waals surface area contributed by atoms with Gasteiger partial charge in [-0.1, -0.05) is 6.92 Å². The van der Waals surface area contributed by atoms with Gasteiger partial charge in [-0.25, -0.2) is 13.8 Å². The second-order valence-electron chi connectivity index (χ2n) is 7.66. The molecule has 29 heavy (non-hydrogen) atoms. The monoisotopic (exact) mass is 404 g/mol. The fraction of sp³-hybridized carbons (Fsp3) is 0.556. The molecule has 2 aliphatic rings. The molecular weight excluding hydrogens is 382 g/mol. The van der Waals surface area contributed by atoms with Gasteiger partial charge in [0.05, 0.1) is 18.8 Å². The minimum absolute atomic E-state index is 0.0615. The summed E-state index contributed by atoms with van der Waals surface area (Å²) in [6, 6.07) is -0.409. The molecule has 2 aliphatic heterocycles. The van der Waals surface area contributed by atoms with Gasteiger partial charge in [0.1, 0.15) is 30.1 Å². The molecule has 0 amide bonds. The second-order valence-corrected chi connectivity index (χ2v) is 7.66. The molecule has 0 radical (unpaired) electrons. The molecule has 3 aromatic heterocycles. The third-order valence-corrected chi connectivity index (χ3v) is 5.57. The number of aromatic nitrogens is 6. The number of aromatic amines is 1. The van der Waals surface area contributed by atoms with Crippen molar-refractivity contribution in [3.8, 4) is 11.3 Å². The summed E-state index contributed by atoms with van der Waals surface area (Å²) in [5.41, 5.74) is 2.68. The Hall–Kier alpha value is -2.82. The molecule has 11 heteroatoms. The quantitative estimate of drug-likeness (QED) is 0.685. The highest BCUT2D eigenvalue weighted by Crippen LogP contribution is 2.36. The van der Waals surface area contributed by atoms with Crippen LogP contribution in [0.25, 0.3) is 16.9 Å². The molecule has 0 aromatic carbocycles. The lowest BCUT2D eigenvalue weighted by molar-refractivity contribution is 0.0284. The van der Waals surface area contributed by atoms with E-state index < -0.39 is 18.4 Å². The molecule has 3 aromatic rings. The summed E-state index contributed by atoms with van der Waals surface area (Å²) in [6.45, 7) is 3.25. The van der Waals surface area contributed by atoms with E-state index in [1.807, 2.05) is 11.8 Å². The van der Waals surface area contributed by atoms with Gasteiger partial charge in [-0.3, -0.25) is 5.10 Å². The molecule has 1 unspecified atom stereocenters. The Bertz CT molecular complexity index is 983. The zero-order valence-corrected chi connectivity index (χ0v) is 15.9. The van der Waals surface area contributed by atoms with Gasteiger partial charge in [0, 0.05) is 37.4 Å². The Labute approximate surface area is 165 Å². The van der Waals surface area contributed by atoms with E-state index in [4.69, 9.17) is 4.74 Å². The third kappa shape index (κ3) is 3.28. The molecule has 0 bridgehead atoms. The topological polar surface area (TPSA) is 96.3 Å². The second kappa shape index (κ2) is 7.21. The van der Waals surface area contributed by atoms with Crippen molar-refractivity contribution >= 4 is 17.3 Å². The zero-order chi connectivity index (χ0) is 20.0. The van der Waals surface area contributed by atoms with Crippen molar-refractivity contribution in [2.75, 3.05) is 36.5 Å². The highest BCUT2D eigenvalue weighted by Gasteiger charge is 2.34. The number of ether oxygens (including phenoxy) is 1. The summed E-state index contributed by atoms with van der Waals surface area (Å²) in [6.07, 6.45) is 3.45. The smallest absolute Gasteiger partial charge is 0.243 e. The van der Waals surface area contributed by atoms with Crippen LogP contribution in [0.4, 0.5) is 20.4 Å². The van der Waals surface area contributed by atoms with Crippen molar-refractivity contribution in [3.05, 3.63) is 18.7 Å². The van der Waals surface area contributed by atoms with Crippen LogP contribution in [-0.2, 0) is 4.74 Å². The van der Waals surface area contributed by atoms with Gasteiger partial charge in [0.2, 0.25) is 5.95 Å². The van der Waals surface area contributed by atoms with E-state index in [1.54, 1.807) is 23.2 Å². The maximum absolute atomic E-state index is 14.3. The summed E-state index contributed by atoms with van der Waals surface area (Å²) in [4.78, 5) is 11.1. The number of alkyl halides is 2. The fourth-order valence-corrected chi connectivity index (χ4v) is 3.93. The van der Waals surface area contributed by atoms with Crippen LogP contribution in [0, 0.1) is 5.92 Å². The maximum atomic E-state index is 14.3. The van der Waals surface area contributed by atoms with Crippen LogP contribution in [0.15, 0.2) is 18.7 Å². The number of fused-ring (bicyclic) bond motifs is 1. The molecule has 0 saturated carbocycles. The average molecular weight is 404 g/mol. The summed E-state index contributed by atoms with van der Waals surface area (Å²) in [5.74, 6) is 0.221. The Morgan fingerprint density at radius 1 is 1.28 bits per heavy atom. The maximum Gasteiger partial charge on any atom is 0.243 e. The molecule has 2 saturated heterocycles. The van der Waals surface area contributed by atoms with Crippen molar-refractivity contribution < 1.29 is 13.5 Å². The van der Waals surface area contributed by atoms with Crippen LogP contribution >= 0.6 is 0 Å². The lowest BCUT2D eigenvalue weighted by Gasteiger charge is -2.26. The molecule has 154 valence electrons. The first-order chi connectivity index (χ1) is 14.1. The standard InChI is InChI=1S/C18H22F2N8O/c1-10-6-27(7-12(10)19)16-15(11-4-22-23-5-11)21-9-28-17(16)25-18(26-28)24-14-2-3-29-8-13(14)20/h4-5,9-10,12-14H,2-3,6-8H2,1H3,(H,22,23)(H,24,26)/t10-,12+,13-,14?/m1/s1. The molecule has 5 rings (SSSR count). The number of nitrogens with zero attached hydrogens (tertiary/aromatic N) is 6. The first-order valence-electron chi connectivity index (χ1n) is 9.72. The van der Waals surface area contributed by atoms with Gasteiger partial charge in [-0.15, -0.1) is 5.10 Å². The number of H-pyrrole nitrogens is 1. The van der Waals surface area contributed by atoms with Crippen molar-refractivity contribution in [3.63, 3.8) is 0 Å². The van der Waals surface area contributed by atoms with E-state index in [0.29, 0.717) is 42.5 Å². The van der Waals surface area contributed by atoms with Crippen LogP contribution in [0.1, 0.15) is 13.3 Å². The molecule has 9 nitrogen and oxygen atoms in total. The SMILES string of the molecule is C[C@@H]1CN(c2c(-c3cn[nH]c3)ncn3nc(NC4CCOC[C@H]4F)nc23)C[C@@H]1F. The summed E-state index contributed by atoms with van der Waals surface area (Å²) in [5, 5.41) is 14.3. The summed E-state index contributed by atoms with van der Waals surface area (Å²) in [7, 11) is 0. The third-order valence-electron chi connectivity index (χ3n) is 5.57. The number of anilines is 2. The first-order valence-corrected chi connectivity index (χ1v) is 9.72. The van der Waals surface area contributed by atoms with E-state index in [2.05, 4.69) is 30.6 Å². The van der Waals surface area contributed by atoms with Crippen LogP contribution in [-0.4, -0.2) is 74.5 Å². The van der Waals surface area contributed by atoms with E-state index >= 15 is 0 Å². The van der Waals surface area contributed by atoms with Crippen LogP contribution < -0.4 is 10.2 Å². The number of hydrogen-bond donors (Lipinski definition) is 2. The van der Waals surface area contributed by atoms with E-state index in [-0.39, 0.29) is 19.1 Å². The van der Waals surface area contributed by atoms with E-state index in [9.17, 15) is 8.78 Å². The molecule has 4 atom stereocenters. The molecule has 5 heterocycles. The number of nitrogens with one attached hydrogen (secondary N) is 2. The van der Waals surface area contributed by atoms with E-state index in [0.717, 1.165) is 5.56 Å². The van der Waals surface area contributed by atoms with Crippen molar-refractivity contribution in [1.82, 2.24) is 29.8 Å². The Morgan fingerprint density at radius 3 is 2.90 bits per heavy atom. The molecule has 0 aliphatic carbocycles. The largest absolute Gasteiger partial charge is 0.378 e. The van der Waals surface area contributed by atoms with Gasteiger partial charge in [0.15, 0.2) is 5.65 Å². The number of rotatable bonds is 4. The molecule has 0 spiro atoms. The summed E-state index contributed by atoms with van der Waals surface area (Å²) >= 11 is 0. The fourth-order valence-electron chi connectivity index (χ4n) is 3.93. The molecule has 2 N–H and O–H groups in total. The molecular formula is C18H22F2N8O. The van der Waals surface area contributed by atoms with Gasteiger partial charge in [-0.05, 0) is 6.42 Å². The van der Waals surface area contributed by atoms with Gasteiger partial charge < -0.3 is 15.0 Å². The normalized spacial score (nSPS) is 27.6. The molecule has 2 fully saturated rings. The Morgan fingerprint density at radius 2 is 2.17 bits per heavy atom. The Balaban J connectivity index is 1.56. The van der Waals surface area contributed by atoms with Crippen molar-refractivity contribution in [2.24, 2.45) is 5.92 Å². The lowest BCUT2D eigenvalue weighted by atomic mass is 10.1. The highest BCUT2D eigenvalue weighted by atomic mass is 19.1. The van der Waals surface area contributed by atoms with Crippen LogP contribution in [0.3, 0.4) is 0 Å². The van der Waals surface area contributed by atoms with Crippen molar-refractivity contribution in [1.29, 1.82) is 0 Å². The van der Waals surface area contributed by atoms with Gasteiger partial charge >= 0.3 is 0 Å². The van der Waals surface area contributed by atoms with E-state index in [1.165, 1.54) is 0 Å². The van der Waals surface area contributed by atoms with Crippen LogP contribution in [0.5, 0.6) is 0 Å². The highest BCUT2D eigenvalue weighted by molar-refractivity contribution is 5.85. The lowest BCUT2D eigenvalue weighted by Crippen LogP contribution is -2.39. The predicted molar refractivity (Wildman–Crippen MR) is 102 cm³/mol. The summed E-state index contributed by atoms with van der Waals surface area (Å²) < 4.78 is 35.1. The first kappa shape index (κ1) is 18.2. The average Bonchev–Trinajstić information content (AvgIpc) is 3.43. The van der Waals surface area contributed by atoms with Gasteiger partial charge in [-0.2, -0.15) is 14.6 Å². The predicted octanol–water partition coefficient (Wildman–Crippen LogP) is 1.85. The minimum Gasteiger partial charge on any atom is -0.378 e. The minimum atomic E-state index is -1.12. The Kier molecular flexibility index (Phi) is 4.53.